The van der Waals surface area contributed by atoms with E-state index in [0.29, 0.717) is 11.0 Å². The first-order valence-electron chi connectivity index (χ1n) is 5.98. The highest BCUT2D eigenvalue weighted by Crippen LogP contribution is 2.27. The van der Waals surface area contributed by atoms with Gasteiger partial charge in [0.1, 0.15) is 16.2 Å². The fourth-order valence-electron chi connectivity index (χ4n) is 1.92. The first-order chi connectivity index (χ1) is 9.19. The predicted octanol–water partition coefficient (Wildman–Crippen LogP) is 3.48. The van der Waals surface area contributed by atoms with E-state index in [1.54, 1.807) is 7.11 Å². The predicted molar refractivity (Wildman–Crippen MR) is 77.0 cm³/mol. The molecule has 4 nitrogen and oxygen atoms in total. The van der Waals surface area contributed by atoms with E-state index in [2.05, 4.69) is 45.0 Å². The molecule has 0 spiro atoms. The van der Waals surface area contributed by atoms with Crippen LogP contribution in [0.3, 0.4) is 0 Å². The number of rotatable bonds is 4. The van der Waals surface area contributed by atoms with Gasteiger partial charge in [-0.15, -0.1) is 0 Å². The van der Waals surface area contributed by atoms with Crippen molar-refractivity contribution in [3.63, 3.8) is 0 Å². The van der Waals surface area contributed by atoms with Crippen LogP contribution in [0.15, 0.2) is 22.8 Å². The van der Waals surface area contributed by atoms with Crippen LogP contribution in [-0.4, -0.2) is 17.1 Å². The number of aromatic amines is 1. The highest BCUT2D eigenvalue weighted by molar-refractivity contribution is 9.10. The lowest BCUT2D eigenvalue weighted by molar-refractivity contribution is 0.410. The average Bonchev–Trinajstić information content (AvgIpc) is 2.80. The third-order valence-corrected chi connectivity index (χ3v) is 3.57. The van der Waals surface area contributed by atoms with Crippen molar-refractivity contribution in [3.8, 4) is 23.2 Å². The quantitative estimate of drug-likeness (QED) is 0.938. The van der Waals surface area contributed by atoms with Gasteiger partial charge in [-0.25, -0.2) is 4.98 Å². The number of benzene rings is 1. The van der Waals surface area contributed by atoms with E-state index in [0.717, 1.165) is 34.8 Å². The molecule has 0 bridgehead atoms. The van der Waals surface area contributed by atoms with Crippen molar-refractivity contribution in [2.75, 3.05) is 7.11 Å². The first-order valence-corrected chi connectivity index (χ1v) is 6.77. The normalized spacial score (nSPS) is 10.2. The van der Waals surface area contributed by atoms with Crippen LogP contribution in [0.4, 0.5) is 0 Å². The number of nitrogens with one attached hydrogen (secondary N) is 1. The Morgan fingerprint density at radius 1 is 1.47 bits per heavy atom. The molecule has 0 atom stereocenters. The molecule has 0 aliphatic carbocycles. The van der Waals surface area contributed by atoms with Gasteiger partial charge in [-0.2, -0.15) is 5.26 Å². The number of H-pyrrole nitrogens is 1. The van der Waals surface area contributed by atoms with Crippen LogP contribution in [0.2, 0.25) is 0 Å². The molecule has 0 saturated heterocycles. The van der Waals surface area contributed by atoms with E-state index in [-0.39, 0.29) is 0 Å². The SMILES string of the molecule is CCc1cc(-c2nc(Br)c(CC#N)[nH]2)ccc1OC. The summed E-state index contributed by atoms with van der Waals surface area (Å²) in [7, 11) is 1.67. The second kappa shape index (κ2) is 5.89. The van der Waals surface area contributed by atoms with Crippen LogP contribution < -0.4 is 4.74 Å². The number of aryl methyl sites for hydroxylation is 1. The van der Waals surface area contributed by atoms with Crippen molar-refractivity contribution < 1.29 is 4.74 Å². The number of nitriles is 1. The molecule has 2 rings (SSSR count). The average molecular weight is 320 g/mol. The Morgan fingerprint density at radius 3 is 2.89 bits per heavy atom. The molecule has 19 heavy (non-hydrogen) atoms. The molecule has 0 fully saturated rings. The topological polar surface area (TPSA) is 61.7 Å². The summed E-state index contributed by atoms with van der Waals surface area (Å²) in [5.74, 6) is 1.64. The number of imidazole rings is 1. The maximum absolute atomic E-state index is 8.74. The standard InChI is InChI=1S/C14H14BrN3O/c1-3-9-8-10(4-5-12(9)19-2)14-17-11(6-7-16)13(15)18-14/h4-5,8H,3,6H2,1-2H3,(H,17,18). The molecule has 1 aromatic heterocycles. The molecule has 1 heterocycles. The van der Waals surface area contributed by atoms with Crippen LogP contribution in [0, 0.1) is 11.3 Å². The molecule has 1 aromatic carbocycles. The van der Waals surface area contributed by atoms with Crippen molar-refractivity contribution in [2.24, 2.45) is 0 Å². The number of ether oxygens (including phenoxy) is 1. The molecule has 98 valence electrons. The van der Waals surface area contributed by atoms with Crippen molar-refractivity contribution in [2.45, 2.75) is 19.8 Å². The Bertz CT molecular complexity index is 628. The fourth-order valence-corrected chi connectivity index (χ4v) is 2.34. The summed E-state index contributed by atoms with van der Waals surface area (Å²) < 4.78 is 6.00. The molecule has 0 radical (unpaired) electrons. The summed E-state index contributed by atoms with van der Waals surface area (Å²) in [6.07, 6.45) is 1.20. The summed E-state index contributed by atoms with van der Waals surface area (Å²) in [5.41, 5.74) is 2.92. The van der Waals surface area contributed by atoms with Crippen LogP contribution in [0.25, 0.3) is 11.4 Å². The lowest BCUT2D eigenvalue weighted by Crippen LogP contribution is -1.92. The lowest BCUT2D eigenvalue weighted by Gasteiger charge is -2.07. The fraction of sp³-hybridized carbons (Fsp3) is 0.286. The summed E-state index contributed by atoms with van der Waals surface area (Å²) in [4.78, 5) is 7.57. The minimum atomic E-state index is 0.310. The Balaban J connectivity index is 2.42. The van der Waals surface area contributed by atoms with Crippen LogP contribution in [0.1, 0.15) is 18.2 Å². The summed E-state index contributed by atoms with van der Waals surface area (Å²) >= 11 is 3.36. The van der Waals surface area contributed by atoms with Gasteiger partial charge in [-0.05, 0) is 46.1 Å². The van der Waals surface area contributed by atoms with Gasteiger partial charge in [0.05, 0.1) is 25.3 Å². The molecule has 0 unspecified atom stereocenters. The molecule has 1 N–H and O–H groups in total. The molecular formula is C14H14BrN3O. The molecule has 5 heteroatoms. The number of halogens is 1. The molecule has 0 amide bonds. The maximum Gasteiger partial charge on any atom is 0.138 e. The first kappa shape index (κ1) is 13.6. The van der Waals surface area contributed by atoms with Gasteiger partial charge >= 0.3 is 0 Å². The second-order valence-electron chi connectivity index (χ2n) is 4.07. The second-order valence-corrected chi connectivity index (χ2v) is 4.82. The van der Waals surface area contributed by atoms with Gasteiger partial charge in [0, 0.05) is 5.56 Å². The third kappa shape index (κ3) is 2.79. The Morgan fingerprint density at radius 2 is 2.26 bits per heavy atom. The number of nitrogens with zero attached hydrogens (tertiary/aromatic N) is 2. The molecular weight excluding hydrogens is 306 g/mol. The monoisotopic (exact) mass is 319 g/mol. The summed E-state index contributed by atoms with van der Waals surface area (Å²) in [6, 6.07) is 8.06. The minimum absolute atomic E-state index is 0.310. The van der Waals surface area contributed by atoms with E-state index in [1.807, 2.05) is 12.1 Å². The van der Waals surface area contributed by atoms with E-state index in [4.69, 9.17) is 10.00 Å². The molecule has 2 aromatic rings. The highest BCUT2D eigenvalue weighted by Gasteiger charge is 2.11. The lowest BCUT2D eigenvalue weighted by atomic mass is 10.1. The van der Waals surface area contributed by atoms with Crippen molar-refractivity contribution in [1.82, 2.24) is 9.97 Å². The smallest absolute Gasteiger partial charge is 0.138 e. The van der Waals surface area contributed by atoms with E-state index < -0.39 is 0 Å². The zero-order valence-electron chi connectivity index (χ0n) is 10.8. The van der Waals surface area contributed by atoms with Crippen LogP contribution in [-0.2, 0) is 12.8 Å². The number of aromatic nitrogens is 2. The minimum Gasteiger partial charge on any atom is -0.496 e. The third-order valence-electron chi connectivity index (χ3n) is 2.92. The molecule has 0 aliphatic rings. The van der Waals surface area contributed by atoms with E-state index >= 15 is 0 Å². The van der Waals surface area contributed by atoms with Crippen molar-refractivity contribution in [1.29, 1.82) is 5.26 Å². The zero-order chi connectivity index (χ0) is 13.8. The Hall–Kier alpha value is -1.80. The number of hydrogen-bond donors (Lipinski definition) is 1. The highest BCUT2D eigenvalue weighted by atomic mass is 79.9. The van der Waals surface area contributed by atoms with Crippen LogP contribution >= 0.6 is 15.9 Å². The van der Waals surface area contributed by atoms with E-state index in [9.17, 15) is 0 Å². The van der Waals surface area contributed by atoms with Crippen molar-refractivity contribution >= 4 is 15.9 Å². The Labute approximate surface area is 120 Å². The maximum atomic E-state index is 8.74. The van der Waals surface area contributed by atoms with E-state index in [1.165, 1.54) is 0 Å². The number of methoxy groups -OCH3 is 1. The Kier molecular flexibility index (Phi) is 4.23. The number of hydrogen-bond acceptors (Lipinski definition) is 3. The van der Waals surface area contributed by atoms with Gasteiger partial charge < -0.3 is 9.72 Å². The van der Waals surface area contributed by atoms with Gasteiger partial charge in [0.2, 0.25) is 0 Å². The van der Waals surface area contributed by atoms with Gasteiger partial charge in [0.25, 0.3) is 0 Å². The van der Waals surface area contributed by atoms with Crippen LogP contribution in [0.5, 0.6) is 5.75 Å². The van der Waals surface area contributed by atoms with Gasteiger partial charge in [-0.3, -0.25) is 0 Å². The summed E-state index contributed by atoms with van der Waals surface area (Å²) in [6.45, 7) is 2.08. The largest absolute Gasteiger partial charge is 0.496 e. The van der Waals surface area contributed by atoms with Gasteiger partial charge in [-0.1, -0.05) is 6.92 Å². The van der Waals surface area contributed by atoms with Gasteiger partial charge in [0.15, 0.2) is 0 Å². The molecule has 0 saturated carbocycles. The zero-order valence-corrected chi connectivity index (χ0v) is 12.4. The summed E-state index contributed by atoms with van der Waals surface area (Å²) in [5, 5.41) is 8.74. The molecule has 0 aliphatic heterocycles. The van der Waals surface area contributed by atoms with Crippen molar-refractivity contribution in [3.05, 3.63) is 34.1 Å².